The van der Waals surface area contributed by atoms with E-state index in [9.17, 15) is 5.11 Å². The number of hydrogen-bond donors (Lipinski definition) is 2. The summed E-state index contributed by atoms with van der Waals surface area (Å²) in [7, 11) is 0. The van der Waals surface area contributed by atoms with Crippen molar-refractivity contribution in [3.8, 4) is 0 Å². The third-order valence-electron chi connectivity index (χ3n) is 3.83. The van der Waals surface area contributed by atoms with Gasteiger partial charge >= 0.3 is 0 Å². The number of nitrogens with one attached hydrogen (secondary N) is 1. The van der Waals surface area contributed by atoms with E-state index in [0.717, 1.165) is 5.82 Å². The fraction of sp³-hybridized carbons (Fsp3) is 0.833. The first-order chi connectivity index (χ1) is 8.33. The van der Waals surface area contributed by atoms with E-state index in [4.69, 9.17) is 4.52 Å². The van der Waals surface area contributed by atoms with Gasteiger partial charge in [-0.15, -0.1) is 0 Å². The predicted octanol–water partition coefficient (Wildman–Crippen LogP) is 1.51. The summed E-state index contributed by atoms with van der Waals surface area (Å²) in [6.45, 7) is 0.617. The minimum absolute atomic E-state index is 0.0369. The molecule has 1 saturated carbocycles. The van der Waals surface area contributed by atoms with E-state index in [1.165, 1.54) is 32.1 Å². The largest absolute Gasteiger partial charge is 0.392 e. The molecule has 2 aliphatic rings. The van der Waals surface area contributed by atoms with E-state index in [1.807, 2.05) is 0 Å². The Hall–Kier alpha value is -0.940. The zero-order valence-electron chi connectivity index (χ0n) is 9.93. The van der Waals surface area contributed by atoms with E-state index >= 15 is 0 Å². The number of nitrogens with zero attached hydrogens (tertiary/aromatic N) is 2. The molecule has 3 rings (SSSR count). The Labute approximate surface area is 101 Å². The Morgan fingerprint density at radius 2 is 2.06 bits per heavy atom. The maximum Gasteiger partial charge on any atom is 0.243 e. The van der Waals surface area contributed by atoms with Crippen molar-refractivity contribution in [2.75, 3.05) is 6.54 Å². The maximum absolute atomic E-state index is 9.46. The average Bonchev–Trinajstić information content (AvgIpc) is 2.98. The highest BCUT2D eigenvalue weighted by Gasteiger charge is 2.29. The molecule has 94 valence electrons. The van der Waals surface area contributed by atoms with E-state index in [2.05, 4.69) is 15.5 Å². The number of rotatable bonds is 2. The van der Waals surface area contributed by atoms with Crippen molar-refractivity contribution in [2.24, 2.45) is 0 Å². The van der Waals surface area contributed by atoms with Crippen LogP contribution in [-0.4, -0.2) is 27.9 Å². The maximum atomic E-state index is 9.46. The van der Waals surface area contributed by atoms with Gasteiger partial charge in [0.15, 0.2) is 5.82 Å². The molecule has 1 unspecified atom stereocenters. The van der Waals surface area contributed by atoms with Crippen molar-refractivity contribution in [1.29, 1.82) is 0 Å². The molecule has 1 saturated heterocycles. The second-order valence-corrected chi connectivity index (χ2v) is 5.18. The lowest BCUT2D eigenvalue weighted by molar-refractivity contribution is 0.191. The Morgan fingerprint density at radius 3 is 2.76 bits per heavy atom. The van der Waals surface area contributed by atoms with Crippen LogP contribution in [0.3, 0.4) is 0 Å². The SMILES string of the molecule is OC1CN[C@H](c2nc(C3CCCCC3)no2)C1. The number of hydrogen-bond acceptors (Lipinski definition) is 5. The fourth-order valence-electron chi connectivity index (χ4n) is 2.82. The Bertz CT molecular complexity index is 354. The van der Waals surface area contributed by atoms with Crippen LogP contribution in [0, 0.1) is 0 Å². The first kappa shape index (κ1) is 11.2. The molecule has 5 heteroatoms. The van der Waals surface area contributed by atoms with Gasteiger partial charge < -0.3 is 14.9 Å². The van der Waals surface area contributed by atoms with Crippen LogP contribution in [0.4, 0.5) is 0 Å². The summed E-state index contributed by atoms with van der Waals surface area (Å²) in [4.78, 5) is 4.50. The molecule has 2 heterocycles. The molecular weight excluding hydrogens is 218 g/mol. The number of aliphatic hydroxyl groups excluding tert-OH is 1. The summed E-state index contributed by atoms with van der Waals surface area (Å²) >= 11 is 0. The monoisotopic (exact) mass is 237 g/mol. The van der Waals surface area contributed by atoms with Crippen LogP contribution in [0.1, 0.15) is 62.2 Å². The fourth-order valence-corrected chi connectivity index (χ4v) is 2.82. The molecular formula is C12H19N3O2. The van der Waals surface area contributed by atoms with Gasteiger partial charge in [-0.3, -0.25) is 0 Å². The molecule has 1 aliphatic heterocycles. The van der Waals surface area contributed by atoms with Gasteiger partial charge in [-0.2, -0.15) is 4.98 Å². The third-order valence-corrected chi connectivity index (χ3v) is 3.83. The molecule has 0 radical (unpaired) electrons. The average molecular weight is 237 g/mol. The molecule has 0 amide bonds. The second-order valence-electron chi connectivity index (χ2n) is 5.18. The first-order valence-corrected chi connectivity index (χ1v) is 6.58. The lowest BCUT2D eigenvalue weighted by Crippen LogP contribution is -2.15. The van der Waals surface area contributed by atoms with Crippen LogP contribution >= 0.6 is 0 Å². The first-order valence-electron chi connectivity index (χ1n) is 6.58. The smallest absolute Gasteiger partial charge is 0.243 e. The molecule has 1 aromatic heterocycles. The summed E-state index contributed by atoms with van der Waals surface area (Å²) in [6, 6.07) is 0.0369. The van der Waals surface area contributed by atoms with Gasteiger partial charge in [-0.25, -0.2) is 0 Å². The number of aliphatic hydroxyl groups is 1. The van der Waals surface area contributed by atoms with Gasteiger partial charge in [0.05, 0.1) is 12.1 Å². The van der Waals surface area contributed by atoms with Crippen LogP contribution in [0.15, 0.2) is 4.52 Å². The Kier molecular flexibility index (Phi) is 3.11. The summed E-state index contributed by atoms with van der Waals surface area (Å²) in [5.74, 6) is 1.98. The van der Waals surface area contributed by atoms with Crippen molar-refractivity contribution in [1.82, 2.24) is 15.5 Å². The van der Waals surface area contributed by atoms with E-state index in [-0.39, 0.29) is 12.1 Å². The molecule has 2 fully saturated rings. The molecule has 2 N–H and O–H groups in total. The van der Waals surface area contributed by atoms with Crippen LogP contribution < -0.4 is 5.32 Å². The van der Waals surface area contributed by atoms with Gasteiger partial charge in [0.1, 0.15) is 0 Å². The molecule has 0 spiro atoms. The molecule has 5 nitrogen and oxygen atoms in total. The van der Waals surface area contributed by atoms with Gasteiger partial charge in [-0.05, 0) is 19.3 Å². The van der Waals surface area contributed by atoms with Crippen molar-refractivity contribution < 1.29 is 9.63 Å². The van der Waals surface area contributed by atoms with Crippen LogP contribution in [0.2, 0.25) is 0 Å². The van der Waals surface area contributed by atoms with Gasteiger partial charge in [0.2, 0.25) is 5.89 Å². The summed E-state index contributed by atoms with van der Waals surface area (Å²) in [5.41, 5.74) is 0. The lowest BCUT2D eigenvalue weighted by Gasteiger charge is -2.17. The highest BCUT2D eigenvalue weighted by Crippen LogP contribution is 2.32. The highest BCUT2D eigenvalue weighted by atomic mass is 16.5. The molecule has 0 bridgehead atoms. The van der Waals surface area contributed by atoms with Crippen molar-refractivity contribution in [3.05, 3.63) is 11.7 Å². The number of aromatic nitrogens is 2. The van der Waals surface area contributed by atoms with E-state index in [0.29, 0.717) is 24.8 Å². The van der Waals surface area contributed by atoms with Crippen LogP contribution in [0.25, 0.3) is 0 Å². The molecule has 17 heavy (non-hydrogen) atoms. The van der Waals surface area contributed by atoms with Gasteiger partial charge in [0, 0.05) is 12.5 Å². The minimum atomic E-state index is -0.287. The van der Waals surface area contributed by atoms with Crippen molar-refractivity contribution >= 4 is 0 Å². The normalized spacial score (nSPS) is 30.9. The molecule has 2 atom stereocenters. The Morgan fingerprint density at radius 1 is 1.24 bits per heavy atom. The molecule has 1 aliphatic carbocycles. The quantitative estimate of drug-likeness (QED) is 0.816. The van der Waals surface area contributed by atoms with Crippen LogP contribution in [0.5, 0.6) is 0 Å². The lowest BCUT2D eigenvalue weighted by atomic mass is 9.89. The van der Waals surface area contributed by atoms with Gasteiger partial charge in [0.25, 0.3) is 0 Å². The van der Waals surface area contributed by atoms with Crippen LogP contribution in [-0.2, 0) is 0 Å². The second kappa shape index (κ2) is 4.74. The number of β-amino-alcohol motifs (C(OH)–C–C–N with tert-alkyl or cyclic N) is 1. The standard InChI is InChI=1S/C12H19N3O2/c16-9-6-10(13-7-9)12-14-11(15-17-12)8-4-2-1-3-5-8/h8-10,13,16H,1-7H2/t9?,10-/m0/s1. The molecule has 0 aromatic carbocycles. The van der Waals surface area contributed by atoms with Gasteiger partial charge in [-0.1, -0.05) is 24.4 Å². The summed E-state index contributed by atoms with van der Waals surface area (Å²) in [5, 5.41) is 16.8. The minimum Gasteiger partial charge on any atom is -0.392 e. The Balaban J connectivity index is 1.69. The van der Waals surface area contributed by atoms with Crippen molar-refractivity contribution in [3.63, 3.8) is 0 Å². The third kappa shape index (κ3) is 2.35. The van der Waals surface area contributed by atoms with E-state index < -0.39 is 0 Å². The molecule has 1 aromatic rings. The summed E-state index contributed by atoms with van der Waals surface area (Å²) < 4.78 is 5.32. The highest BCUT2D eigenvalue weighted by molar-refractivity contribution is 5.01. The topological polar surface area (TPSA) is 71.2 Å². The zero-order valence-corrected chi connectivity index (χ0v) is 9.93. The van der Waals surface area contributed by atoms with E-state index in [1.54, 1.807) is 0 Å². The zero-order chi connectivity index (χ0) is 11.7. The summed E-state index contributed by atoms with van der Waals surface area (Å²) in [6.07, 6.45) is 6.62. The predicted molar refractivity (Wildman–Crippen MR) is 61.5 cm³/mol. The van der Waals surface area contributed by atoms with Crippen molar-refractivity contribution in [2.45, 2.75) is 56.6 Å².